The van der Waals surface area contributed by atoms with Crippen molar-refractivity contribution in [3.8, 4) is 11.8 Å². The second kappa shape index (κ2) is 6.99. The molecule has 4 nitrogen and oxygen atoms in total. The third-order valence-corrected chi connectivity index (χ3v) is 4.13. The first-order valence-corrected chi connectivity index (χ1v) is 8.00. The molecule has 0 spiro atoms. The van der Waals surface area contributed by atoms with E-state index in [-0.39, 0.29) is 16.8 Å². The standard InChI is InChI=1S/C18H17ClN2O2/c1-13-5-7-14(8-6-13)9-10-15-12-20-21(18(22)17(15)19)16-4-2-3-11-23-16/h5-8,12,16H,2-4,11H2,1H3. The van der Waals surface area contributed by atoms with Gasteiger partial charge < -0.3 is 4.74 Å². The summed E-state index contributed by atoms with van der Waals surface area (Å²) in [5, 5.41) is 4.27. The normalized spacial score (nSPS) is 17.4. The molecule has 2 aromatic rings. The zero-order chi connectivity index (χ0) is 16.2. The molecule has 1 aliphatic rings. The van der Waals surface area contributed by atoms with Crippen LogP contribution in [0.25, 0.3) is 0 Å². The Bertz CT molecular complexity index is 810. The quantitative estimate of drug-likeness (QED) is 0.754. The predicted molar refractivity (Wildman–Crippen MR) is 89.5 cm³/mol. The van der Waals surface area contributed by atoms with Crippen LogP contribution in [0.15, 0.2) is 35.3 Å². The Hall–Kier alpha value is -2.09. The van der Waals surface area contributed by atoms with Gasteiger partial charge in [0, 0.05) is 12.2 Å². The average molecular weight is 329 g/mol. The number of nitrogens with zero attached hydrogens (tertiary/aromatic N) is 2. The third-order valence-electron chi connectivity index (χ3n) is 3.77. The molecule has 0 bridgehead atoms. The Balaban J connectivity index is 1.88. The fraction of sp³-hybridized carbons (Fsp3) is 0.333. The molecular formula is C18H17ClN2O2. The fourth-order valence-corrected chi connectivity index (χ4v) is 2.61. The lowest BCUT2D eigenvalue weighted by molar-refractivity contribution is -0.0424. The van der Waals surface area contributed by atoms with E-state index in [9.17, 15) is 4.79 Å². The first-order chi connectivity index (χ1) is 11.1. The number of rotatable bonds is 1. The molecule has 1 aromatic carbocycles. The molecule has 3 rings (SSSR count). The number of benzene rings is 1. The van der Waals surface area contributed by atoms with Crippen molar-refractivity contribution in [1.29, 1.82) is 0 Å². The monoisotopic (exact) mass is 328 g/mol. The molecule has 0 N–H and O–H groups in total. The van der Waals surface area contributed by atoms with Crippen molar-refractivity contribution in [1.82, 2.24) is 9.78 Å². The number of halogens is 1. The summed E-state index contributed by atoms with van der Waals surface area (Å²) in [4.78, 5) is 12.4. The van der Waals surface area contributed by atoms with Gasteiger partial charge in [0.1, 0.15) is 5.02 Å². The van der Waals surface area contributed by atoms with E-state index < -0.39 is 0 Å². The van der Waals surface area contributed by atoms with Gasteiger partial charge in [0.25, 0.3) is 5.56 Å². The summed E-state index contributed by atoms with van der Waals surface area (Å²) >= 11 is 6.18. The molecule has 1 fully saturated rings. The molecule has 1 aliphatic heterocycles. The third kappa shape index (κ3) is 3.64. The average Bonchev–Trinajstić information content (AvgIpc) is 2.58. The highest BCUT2D eigenvalue weighted by Gasteiger charge is 2.19. The van der Waals surface area contributed by atoms with Crippen LogP contribution in [0.5, 0.6) is 0 Å². The SMILES string of the molecule is Cc1ccc(C#Cc2cnn(C3CCCCO3)c(=O)c2Cl)cc1. The molecule has 0 amide bonds. The number of ether oxygens (including phenoxy) is 1. The van der Waals surface area contributed by atoms with Gasteiger partial charge in [0.2, 0.25) is 0 Å². The molecule has 0 saturated carbocycles. The maximum atomic E-state index is 12.4. The highest BCUT2D eigenvalue weighted by molar-refractivity contribution is 6.31. The molecule has 1 saturated heterocycles. The Kier molecular flexibility index (Phi) is 4.80. The van der Waals surface area contributed by atoms with Crippen LogP contribution in [-0.2, 0) is 4.74 Å². The van der Waals surface area contributed by atoms with E-state index in [1.165, 1.54) is 16.4 Å². The Labute approximate surface area is 140 Å². The van der Waals surface area contributed by atoms with Crippen LogP contribution in [0.4, 0.5) is 0 Å². The largest absolute Gasteiger partial charge is 0.356 e. The molecule has 0 aliphatic carbocycles. The van der Waals surface area contributed by atoms with Gasteiger partial charge in [-0.1, -0.05) is 41.1 Å². The van der Waals surface area contributed by atoms with Gasteiger partial charge in [-0.25, -0.2) is 0 Å². The molecular weight excluding hydrogens is 312 g/mol. The van der Waals surface area contributed by atoms with Crippen molar-refractivity contribution in [2.24, 2.45) is 0 Å². The van der Waals surface area contributed by atoms with E-state index in [2.05, 4.69) is 16.9 Å². The second-order valence-corrected chi connectivity index (χ2v) is 5.94. The van der Waals surface area contributed by atoms with Crippen molar-refractivity contribution in [2.45, 2.75) is 32.4 Å². The van der Waals surface area contributed by atoms with E-state index in [1.54, 1.807) is 0 Å². The van der Waals surface area contributed by atoms with Crippen molar-refractivity contribution < 1.29 is 4.74 Å². The van der Waals surface area contributed by atoms with Crippen molar-refractivity contribution in [3.63, 3.8) is 0 Å². The molecule has 118 valence electrons. The molecule has 0 radical (unpaired) electrons. The summed E-state index contributed by atoms with van der Waals surface area (Å²) in [6.07, 6.45) is 4.01. The Morgan fingerprint density at radius 2 is 2.04 bits per heavy atom. The first-order valence-electron chi connectivity index (χ1n) is 7.63. The first kappa shape index (κ1) is 15.8. The molecule has 1 unspecified atom stereocenters. The lowest BCUT2D eigenvalue weighted by atomic mass is 10.1. The fourth-order valence-electron chi connectivity index (χ4n) is 2.43. The van der Waals surface area contributed by atoms with E-state index >= 15 is 0 Å². The maximum absolute atomic E-state index is 12.4. The van der Waals surface area contributed by atoms with Gasteiger partial charge in [-0.2, -0.15) is 9.78 Å². The summed E-state index contributed by atoms with van der Waals surface area (Å²) in [6, 6.07) is 7.84. The predicted octanol–water partition coefficient (Wildman–Crippen LogP) is 3.30. The zero-order valence-electron chi connectivity index (χ0n) is 12.9. The lowest BCUT2D eigenvalue weighted by Gasteiger charge is -2.23. The minimum absolute atomic E-state index is 0.0915. The summed E-state index contributed by atoms with van der Waals surface area (Å²) in [7, 11) is 0. The van der Waals surface area contributed by atoms with Crippen LogP contribution >= 0.6 is 11.6 Å². The maximum Gasteiger partial charge on any atom is 0.289 e. The molecule has 1 aromatic heterocycles. The molecule has 5 heteroatoms. The summed E-state index contributed by atoms with van der Waals surface area (Å²) in [6.45, 7) is 2.66. The van der Waals surface area contributed by atoms with Gasteiger partial charge >= 0.3 is 0 Å². The van der Waals surface area contributed by atoms with Gasteiger partial charge in [-0.15, -0.1) is 0 Å². The molecule has 23 heavy (non-hydrogen) atoms. The zero-order valence-corrected chi connectivity index (χ0v) is 13.6. The van der Waals surface area contributed by atoms with Crippen LogP contribution in [0.3, 0.4) is 0 Å². The Morgan fingerprint density at radius 1 is 1.26 bits per heavy atom. The highest BCUT2D eigenvalue weighted by atomic mass is 35.5. The highest BCUT2D eigenvalue weighted by Crippen LogP contribution is 2.21. The van der Waals surface area contributed by atoms with Crippen molar-refractivity contribution >= 4 is 11.6 Å². The minimum Gasteiger partial charge on any atom is -0.356 e. The van der Waals surface area contributed by atoms with Gasteiger partial charge in [-0.3, -0.25) is 4.79 Å². The number of aromatic nitrogens is 2. The van der Waals surface area contributed by atoms with Crippen LogP contribution < -0.4 is 5.56 Å². The number of aryl methyl sites for hydroxylation is 1. The smallest absolute Gasteiger partial charge is 0.289 e. The number of hydrogen-bond donors (Lipinski definition) is 0. The van der Waals surface area contributed by atoms with E-state index in [0.717, 1.165) is 24.8 Å². The topological polar surface area (TPSA) is 44.1 Å². The van der Waals surface area contributed by atoms with E-state index in [1.807, 2.05) is 31.2 Å². The van der Waals surface area contributed by atoms with Crippen molar-refractivity contribution in [2.75, 3.05) is 6.61 Å². The summed E-state index contributed by atoms with van der Waals surface area (Å²) < 4.78 is 6.90. The second-order valence-electron chi connectivity index (χ2n) is 5.56. The van der Waals surface area contributed by atoms with Crippen LogP contribution in [0, 0.1) is 18.8 Å². The Morgan fingerprint density at radius 3 is 2.74 bits per heavy atom. The van der Waals surface area contributed by atoms with Gasteiger partial charge in [0.05, 0.1) is 11.8 Å². The van der Waals surface area contributed by atoms with Gasteiger partial charge in [-0.05, 0) is 38.3 Å². The molecule has 2 heterocycles. The summed E-state index contributed by atoms with van der Waals surface area (Å²) in [5.74, 6) is 5.92. The van der Waals surface area contributed by atoms with Crippen LogP contribution in [-0.4, -0.2) is 16.4 Å². The lowest BCUT2D eigenvalue weighted by Crippen LogP contribution is -2.31. The molecule has 1 atom stereocenters. The number of hydrogen-bond acceptors (Lipinski definition) is 3. The van der Waals surface area contributed by atoms with Crippen LogP contribution in [0.1, 0.15) is 42.2 Å². The minimum atomic E-state index is -0.353. The summed E-state index contributed by atoms with van der Waals surface area (Å²) in [5.41, 5.74) is 2.12. The van der Waals surface area contributed by atoms with E-state index in [0.29, 0.717) is 12.2 Å². The van der Waals surface area contributed by atoms with Crippen LogP contribution in [0.2, 0.25) is 5.02 Å². The van der Waals surface area contributed by atoms with E-state index in [4.69, 9.17) is 16.3 Å². The van der Waals surface area contributed by atoms with Crippen molar-refractivity contribution in [3.05, 3.63) is 62.5 Å². The van der Waals surface area contributed by atoms with Gasteiger partial charge in [0.15, 0.2) is 6.23 Å².